The van der Waals surface area contributed by atoms with Gasteiger partial charge in [0.25, 0.3) is 0 Å². The first-order chi connectivity index (χ1) is 10.7. The van der Waals surface area contributed by atoms with Crippen LogP contribution in [0.15, 0.2) is 60.7 Å². The van der Waals surface area contributed by atoms with E-state index in [-0.39, 0.29) is 0 Å². The van der Waals surface area contributed by atoms with Crippen LogP contribution in [0, 0.1) is 0 Å². The van der Waals surface area contributed by atoms with E-state index in [4.69, 9.17) is 20.9 Å². The topological polar surface area (TPSA) is 70.5 Å². The average molecular weight is 302 g/mol. The van der Waals surface area contributed by atoms with Gasteiger partial charge in [-0.3, -0.25) is 0 Å². The van der Waals surface area contributed by atoms with Crippen molar-refractivity contribution in [2.24, 2.45) is 11.5 Å². The molecule has 4 N–H and O–H groups in total. The first-order valence-electron chi connectivity index (χ1n) is 7.53. The smallest absolute Gasteiger partial charge is 0.134 e. The third kappa shape index (κ3) is 6.83. The van der Waals surface area contributed by atoms with Crippen molar-refractivity contribution in [1.29, 1.82) is 0 Å². The van der Waals surface area contributed by atoms with Gasteiger partial charge >= 0.3 is 0 Å². The minimum absolute atomic E-state index is 0.508. The highest BCUT2D eigenvalue weighted by molar-refractivity contribution is 5.19. The summed E-state index contributed by atoms with van der Waals surface area (Å²) in [4.78, 5) is 0. The van der Waals surface area contributed by atoms with Crippen LogP contribution in [0.5, 0.6) is 0 Å². The molecule has 0 aliphatic rings. The van der Waals surface area contributed by atoms with E-state index < -0.39 is 12.5 Å². The molecule has 0 aromatic heterocycles. The lowest BCUT2D eigenvalue weighted by Crippen LogP contribution is -2.22. The molecule has 0 heterocycles. The van der Waals surface area contributed by atoms with Crippen molar-refractivity contribution < 1.29 is 9.47 Å². The molecule has 120 valence electrons. The molecule has 2 atom stereocenters. The van der Waals surface area contributed by atoms with Crippen LogP contribution in [0.4, 0.5) is 0 Å². The van der Waals surface area contributed by atoms with Crippen LogP contribution in [0.2, 0.25) is 0 Å². The van der Waals surface area contributed by atoms with E-state index in [2.05, 4.69) is 0 Å². The fourth-order valence-electron chi connectivity index (χ4n) is 1.80. The molecule has 2 unspecified atom stereocenters. The van der Waals surface area contributed by atoms with Crippen molar-refractivity contribution in [3.63, 3.8) is 0 Å². The van der Waals surface area contributed by atoms with Crippen LogP contribution >= 0.6 is 0 Å². The zero-order valence-corrected chi connectivity index (χ0v) is 13.3. The Morgan fingerprint density at radius 1 is 0.727 bits per heavy atom. The van der Waals surface area contributed by atoms with Gasteiger partial charge in [-0.05, 0) is 25.0 Å². The minimum Gasteiger partial charge on any atom is -0.382 e. The molecule has 0 saturated carbocycles. The molecule has 4 heteroatoms. The largest absolute Gasteiger partial charge is 0.382 e. The maximum Gasteiger partial charge on any atom is 0.134 e. The predicted molar refractivity (Wildman–Crippen MR) is 90.0 cm³/mol. The SMILES string of the molecule is CCOCC.NC(OC(N)c1ccccc1)c1ccccc1. The molecule has 4 nitrogen and oxygen atoms in total. The second-order valence-corrected chi connectivity index (χ2v) is 4.58. The van der Waals surface area contributed by atoms with Gasteiger partial charge in [0.1, 0.15) is 12.5 Å². The van der Waals surface area contributed by atoms with Gasteiger partial charge in [0.05, 0.1) is 0 Å². The lowest BCUT2D eigenvalue weighted by molar-refractivity contribution is -0.00831. The van der Waals surface area contributed by atoms with E-state index in [0.717, 1.165) is 24.3 Å². The second-order valence-electron chi connectivity index (χ2n) is 4.58. The van der Waals surface area contributed by atoms with E-state index in [9.17, 15) is 0 Å². The highest BCUT2D eigenvalue weighted by atomic mass is 16.5. The summed E-state index contributed by atoms with van der Waals surface area (Å²) in [5, 5.41) is 0. The zero-order valence-electron chi connectivity index (χ0n) is 13.3. The van der Waals surface area contributed by atoms with Gasteiger partial charge in [-0.1, -0.05) is 60.7 Å². The van der Waals surface area contributed by atoms with Crippen LogP contribution in [0.3, 0.4) is 0 Å². The third-order valence-corrected chi connectivity index (χ3v) is 2.96. The van der Waals surface area contributed by atoms with Crippen molar-refractivity contribution in [2.75, 3.05) is 13.2 Å². The highest BCUT2D eigenvalue weighted by Gasteiger charge is 2.12. The monoisotopic (exact) mass is 302 g/mol. The molecular formula is C18H26N2O2. The quantitative estimate of drug-likeness (QED) is 0.803. The summed E-state index contributed by atoms with van der Waals surface area (Å²) in [5.74, 6) is 0. The number of hydrogen-bond donors (Lipinski definition) is 2. The molecule has 0 radical (unpaired) electrons. The van der Waals surface area contributed by atoms with E-state index in [1.807, 2.05) is 74.5 Å². The highest BCUT2D eigenvalue weighted by Crippen LogP contribution is 2.19. The molecule has 0 bridgehead atoms. The van der Waals surface area contributed by atoms with Crippen molar-refractivity contribution >= 4 is 0 Å². The van der Waals surface area contributed by atoms with Crippen molar-refractivity contribution in [1.82, 2.24) is 0 Å². The van der Waals surface area contributed by atoms with E-state index in [0.29, 0.717) is 0 Å². The summed E-state index contributed by atoms with van der Waals surface area (Å²) < 4.78 is 10.4. The fraction of sp³-hybridized carbons (Fsp3) is 0.333. The molecule has 0 aliphatic heterocycles. The lowest BCUT2D eigenvalue weighted by Gasteiger charge is -2.19. The Hall–Kier alpha value is -1.72. The lowest BCUT2D eigenvalue weighted by atomic mass is 10.2. The van der Waals surface area contributed by atoms with Gasteiger partial charge in [-0.2, -0.15) is 0 Å². The van der Waals surface area contributed by atoms with Crippen molar-refractivity contribution in [3.8, 4) is 0 Å². The Labute approximate surface area is 133 Å². The maximum absolute atomic E-state index is 5.93. The van der Waals surface area contributed by atoms with Crippen LogP contribution in [-0.4, -0.2) is 13.2 Å². The fourth-order valence-corrected chi connectivity index (χ4v) is 1.80. The van der Waals surface area contributed by atoms with Gasteiger partial charge in [-0.15, -0.1) is 0 Å². The van der Waals surface area contributed by atoms with Crippen molar-refractivity contribution in [3.05, 3.63) is 71.8 Å². The summed E-state index contributed by atoms with van der Waals surface area (Å²) in [6.07, 6.45) is -1.02. The summed E-state index contributed by atoms with van der Waals surface area (Å²) in [6.45, 7) is 5.67. The Morgan fingerprint density at radius 3 is 1.36 bits per heavy atom. The van der Waals surface area contributed by atoms with E-state index in [1.165, 1.54) is 0 Å². The summed E-state index contributed by atoms with van der Waals surface area (Å²) in [5.41, 5.74) is 13.7. The summed E-state index contributed by atoms with van der Waals surface area (Å²) >= 11 is 0. The molecule has 0 fully saturated rings. The number of nitrogens with two attached hydrogens (primary N) is 2. The number of rotatable bonds is 6. The minimum atomic E-state index is -0.508. The van der Waals surface area contributed by atoms with Crippen molar-refractivity contribution in [2.45, 2.75) is 26.3 Å². The number of ether oxygens (including phenoxy) is 2. The molecule has 2 aromatic carbocycles. The van der Waals surface area contributed by atoms with Crippen LogP contribution < -0.4 is 11.5 Å². The van der Waals surface area contributed by atoms with Crippen LogP contribution in [0.1, 0.15) is 37.4 Å². The molecule has 0 aliphatic carbocycles. The Kier molecular flexibility index (Phi) is 9.11. The number of benzene rings is 2. The predicted octanol–water partition coefficient (Wildman–Crippen LogP) is 3.36. The zero-order chi connectivity index (χ0) is 16.2. The second kappa shape index (κ2) is 10.9. The molecule has 0 spiro atoms. The number of hydrogen-bond acceptors (Lipinski definition) is 4. The summed E-state index contributed by atoms with van der Waals surface area (Å²) in [7, 11) is 0. The van der Waals surface area contributed by atoms with E-state index in [1.54, 1.807) is 0 Å². The van der Waals surface area contributed by atoms with Gasteiger partial charge in [0, 0.05) is 13.2 Å². The van der Waals surface area contributed by atoms with Crippen LogP contribution in [0.25, 0.3) is 0 Å². The van der Waals surface area contributed by atoms with Gasteiger partial charge in [0.15, 0.2) is 0 Å². The molecule has 0 saturated heterocycles. The Balaban J connectivity index is 0.000000422. The molecule has 2 aromatic rings. The first kappa shape index (κ1) is 18.3. The maximum atomic E-state index is 5.93. The summed E-state index contributed by atoms with van der Waals surface area (Å²) in [6, 6.07) is 19.2. The van der Waals surface area contributed by atoms with Gasteiger partial charge in [0.2, 0.25) is 0 Å². The Morgan fingerprint density at radius 2 is 1.09 bits per heavy atom. The average Bonchev–Trinajstić information content (AvgIpc) is 2.57. The van der Waals surface area contributed by atoms with Crippen LogP contribution in [-0.2, 0) is 9.47 Å². The normalized spacial score (nSPS) is 12.9. The molecular weight excluding hydrogens is 276 g/mol. The third-order valence-electron chi connectivity index (χ3n) is 2.96. The molecule has 2 rings (SSSR count). The Bertz CT molecular complexity index is 445. The molecule has 0 amide bonds. The first-order valence-corrected chi connectivity index (χ1v) is 7.53. The van der Waals surface area contributed by atoms with Gasteiger partial charge in [-0.25, -0.2) is 0 Å². The van der Waals surface area contributed by atoms with Gasteiger partial charge < -0.3 is 20.9 Å². The van der Waals surface area contributed by atoms with E-state index >= 15 is 0 Å². The standard InChI is InChI=1S/C14H16N2O.C4H10O/c15-13(11-7-3-1-4-8-11)17-14(16)12-9-5-2-6-10-12;1-3-5-4-2/h1-10,13-14H,15-16H2;3-4H2,1-2H3. The molecule has 22 heavy (non-hydrogen) atoms.